The van der Waals surface area contributed by atoms with Gasteiger partial charge in [0.2, 0.25) is 0 Å². The van der Waals surface area contributed by atoms with Gasteiger partial charge in [0.05, 0.1) is 11.6 Å². The maximum absolute atomic E-state index is 13.4. The molecule has 3 aromatic heterocycles. The first-order valence-corrected chi connectivity index (χ1v) is 7.37. The van der Waals surface area contributed by atoms with Crippen LogP contribution in [-0.2, 0) is 6.18 Å². The van der Waals surface area contributed by atoms with Crippen molar-refractivity contribution in [3.05, 3.63) is 36.0 Å². The Hall–Kier alpha value is -2.68. The molecule has 0 bridgehead atoms. The Morgan fingerprint density at radius 3 is 2.67 bits per heavy atom. The van der Waals surface area contributed by atoms with Gasteiger partial charge in [-0.1, -0.05) is 0 Å². The number of aromatic amines is 1. The first kappa shape index (κ1) is 14.9. The molecule has 0 atom stereocenters. The zero-order valence-corrected chi connectivity index (χ0v) is 12.4. The van der Waals surface area contributed by atoms with Crippen molar-refractivity contribution in [2.75, 3.05) is 18.4 Å². The molecule has 3 N–H and O–H groups in total. The zero-order chi connectivity index (χ0) is 16.7. The summed E-state index contributed by atoms with van der Waals surface area (Å²) in [5, 5.41) is 13.4. The smallest absolute Gasteiger partial charge is 0.365 e. The number of anilines is 1. The summed E-state index contributed by atoms with van der Waals surface area (Å²) in [6, 6.07) is 5.86. The number of fused-ring (bicyclic) bond motifs is 1. The van der Waals surface area contributed by atoms with Gasteiger partial charge in [-0.25, -0.2) is 9.97 Å². The number of rotatable bonds is 3. The number of nitrogens with zero attached hydrogens (tertiary/aromatic N) is 3. The van der Waals surface area contributed by atoms with Crippen LogP contribution in [-0.4, -0.2) is 39.3 Å². The Labute approximate surface area is 134 Å². The first-order valence-electron chi connectivity index (χ1n) is 7.37. The van der Waals surface area contributed by atoms with E-state index in [4.69, 9.17) is 0 Å². The number of aromatic nitrogens is 4. The molecule has 0 unspecified atom stereocenters. The minimum absolute atomic E-state index is 0.140. The van der Waals surface area contributed by atoms with Crippen LogP contribution in [0.4, 0.5) is 19.0 Å². The van der Waals surface area contributed by atoms with Gasteiger partial charge in [0, 0.05) is 24.7 Å². The topological polar surface area (TPSA) is 78.5 Å². The van der Waals surface area contributed by atoms with Gasteiger partial charge in [-0.15, -0.1) is 0 Å². The molecule has 0 aromatic carbocycles. The number of hydrogen-bond donors (Lipinski definition) is 3. The van der Waals surface area contributed by atoms with E-state index in [1.807, 2.05) is 0 Å². The van der Waals surface area contributed by atoms with Crippen LogP contribution >= 0.6 is 0 Å². The lowest BCUT2D eigenvalue weighted by Gasteiger charge is -2.28. The highest BCUT2D eigenvalue weighted by Gasteiger charge is 2.36. The van der Waals surface area contributed by atoms with Gasteiger partial charge in [0.1, 0.15) is 17.2 Å². The van der Waals surface area contributed by atoms with Crippen LogP contribution in [0.15, 0.2) is 30.5 Å². The van der Waals surface area contributed by atoms with Crippen LogP contribution in [0.3, 0.4) is 0 Å². The molecule has 124 valence electrons. The Morgan fingerprint density at radius 2 is 1.96 bits per heavy atom. The predicted molar refractivity (Wildman–Crippen MR) is 82.4 cm³/mol. The third-order valence-corrected chi connectivity index (χ3v) is 3.89. The monoisotopic (exact) mass is 334 g/mol. The highest BCUT2D eigenvalue weighted by Crippen LogP contribution is 2.38. The summed E-state index contributed by atoms with van der Waals surface area (Å²) in [4.78, 5) is 8.25. The Balaban J connectivity index is 1.85. The highest BCUT2D eigenvalue weighted by atomic mass is 19.4. The van der Waals surface area contributed by atoms with Crippen LogP contribution in [0.25, 0.3) is 22.4 Å². The second-order valence-corrected chi connectivity index (χ2v) is 5.56. The van der Waals surface area contributed by atoms with E-state index in [2.05, 4.69) is 30.8 Å². The van der Waals surface area contributed by atoms with Crippen LogP contribution in [0.2, 0.25) is 0 Å². The van der Waals surface area contributed by atoms with Crippen LogP contribution in [0.1, 0.15) is 5.56 Å². The normalized spacial score (nSPS) is 15.5. The lowest BCUT2D eigenvalue weighted by molar-refractivity contribution is -0.137. The van der Waals surface area contributed by atoms with Crippen LogP contribution < -0.4 is 10.6 Å². The maximum Gasteiger partial charge on any atom is 0.418 e. The molecule has 4 rings (SSSR count). The number of H-pyrrole nitrogens is 1. The molecular weight excluding hydrogens is 321 g/mol. The largest absolute Gasteiger partial charge is 0.418 e. The number of alkyl halides is 3. The van der Waals surface area contributed by atoms with Gasteiger partial charge in [-0.3, -0.25) is 5.10 Å². The van der Waals surface area contributed by atoms with Gasteiger partial charge in [-0.2, -0.15) is 18.3 Å². The highest BCUT2D eigenvalue weighted by molar-refractivity contribution is 5.90. The summed E-state index contributed by atoms with van der Waals surface area (Å²) in [6.07, 6.45) is -2.98. The van der Waals surface area contributed by atoms with Crippen molar-refractivity contribution >= 4 is 16.9 Å². The molecule has 1 saturated heterocycles. The van der Waals surface area contributed by atoms with E-state index in [9.17, 15) is 13.2 Å². The molecule has 1 aliphatic rings. The number of halogens is 3. The molecule has 6 nitrogen and oxygen atoms in total. The number of hydrogen-bond acceptors (Lipinski definition) is 5. The average Bonchev–Trinajstić information content (AvgIpc) is 2.94. The third-order valence-electron chi connectivity index (χ3n) is 3.89. The van der Waals surface area contributed by atoms with Crippen molar-refractivity contribution in [1.29, 1.82) is 0 Å². The molecule has 0 amide bonds. The molecule has 24 heavy (non-hydrogen) atoms. The molecule has 1 fully saturated rings. The SMILES string of the molecule is FC(F)(F)c1ccc(NC2CNC2)nc1-c1n[nH]c2ncccc12. The summed E-state index contributed by atoms with van der Waals surface area (Å²) in [5.41, 5.74) is -0.471. The van der Waals surface area contributed by atoms with E-state index in [1.165, 1.54) is 6.07 Å². The molecule has 3 aromatic rings. The average molecular weight is 334 g/mol. The quantitative estimate of drug-likeness (QED) is 0.686. The van der Waals surface area contributed by atoms with Crippen molar-refractivity contribution in [2.45, 2.75) is 12.2 Å². The summed E-state index contributed by atoms with van der Waals surface area (Å²) < 4.78 is 40.2. The minimum atomic E-state index is -4.52. The lowest BCUT2D eigenvalue weighted by atomic mass is 10.1. The van der Waals surface area contributed by atoms with E-state index in [-0.39, 0.29) is 17.4 Å². The van der Waals surface area contributed by atoms with E-state index < -0.39 is 11.7 Å². The summed E-state index contributed by atoms with van der Waals surface area (Å²) in [5.74, 6) is 0.393. The van der Waals surface area contributed by atoms with Gasteiger partial charge in [0.25, 0.3) is 0 Å². The fourth-order valence-electron chi connectivity index (χ4n) is 2.58. The first-order chi connectivity index (χ1) is 11.5. The molecule has 0 saturated carbocycles. The fourth-order valence-corrected chi connectivity index (χ4v) is 2.58. The molecule has 9 heteroatoms. The van der Waals surface area contributed by atoms with Gasteiger partial charge >= 0.3 is 6.18 Å². The Kier molecular flexibility index (Phi) is 3.38. The van der Waals surface area contributed by atoms with Crippen molar-refractivity contribution in [2.24, 2.45) is 0 Å². The lowest BCUT2D eigenvalue weighted by Crippen LogP contribution is -2.51. The van der Waals surface area contributed by atoms with Crippen LogP contribution in [0.5, 0.6) is 0 Å². The summed E-state index contributed by atoms with van der Waals surface area (Å²) in [6.45, 7) is 1.51. The third kappa shape index (κ3) is 2.56. The fraction of sp³-hybridized carbons (Fsp3) is 0.267. The van der Waals surface area contributed by atoms with Crippen molar-refractivity contribution in [3.63, 3.8) is 0 Å². The molecular formula is C15H13F3N6. The number of pyridine rings is 2. The molecule has 0 aliphatic carbocycles. The Morgan fingerprint density at radius 1 is 1.12 bits per heavy atom. The van der Waals surface area contributed by atoms with E-state index in [0.29, 0.717) is 16.9 Å². The van der Waals surface area contributed by atoms with E-state index >= 15 is 0 Å². The standard InChI is InChI=1S/C15H13F3N6/c16-15(17,18)10-3-4-11(21-8-6-19-7-8)22-13(10)12-9-2-1-5-20-14(9)24-23-12/h1-5,8,19H,6-7H2,(H,21,22)(H,20,23,24). The van der Waals surface area contributed by atoms with Crippen molar-refractivity contribution < 1.29 is 13.2 Å². The molecule has 0 spiro atoms. The van der Waals surface area contributed by atoms with Crippen molar-refractivity contribution in [1.82, 2.24) is 25.5 Å². The van der Waals surface area contributed by atoms with Gasteiger partial charge < -0.3 is 10.6 Å². The molecule has 1 aliphatic heterocycles. The predicted octanol–water partition coefficient (Wildman–Crippen LogP) is 2.42. The van der Waals surface area contributed by atoms with Gasteiger partial charge in [-0.05, 0) is 24.3 Å². The second-order valence-electron chi connectivity index (χ2n) is 5.56. The second kappa shape index (κ2) is 5.45. The Bertz CT molecular complexity index is 884. The maximum atomic E-state index is 13.4. The molecule has 0 radical (unpaired) electrons. The zero-order valence-electron chi connectivity index (χ0n) is 12.4. The van der Waals surface area contributed by atoms with E-state index in [1.54, 1.807) is 18.3 Å². The van der Waals surface area contributed by atoms with Crippen LogP contribution in [0, 0.1) is 0 Å². The number of nitrogens with one attached hydrogen (secondary N) is 3. The summed E-state index contributed by atoms with van der Waals surface area (Å²) >= 11 is 0. The van der Waals surface area contributed by atoms with E-state index in [0.717, 1.165) is 19.2 Å². The van der Waals surface area contributed by atoms with Gasteiger partial charge in [0.15, 0.2) is 5.65 Å². The minimum Gasteiger partial charge on any atom is -0.365 e. The van der Waals surface area contributed by atoms with Crippen molar-refractivity contribution in [3.8, 4) is 11.4 Å². The molecule has 4 heterocycles. The summed E-state index contributed by atoms with van der Waals surface area (Å²) in [7, 11) is 0.